The zero-order valence-electron chi connectivity index (χ0n) is 18.2. The van der Waals surface area contributed by atoms with Crippen LogP contribution in [0.3, 0.4) is 0 Å². The Morgan fingerprint density at radius 2 is 1.34 bits per heavy atom. The molecular formula is C18H32N6O8. The van der Waals surface area contributed by atoms with E-state index in [2.05, 4.69) is 16.0 Å². The molecule has 5 atom stereocenters. The fraction of sp³-hybridized carbons (Fsp3) is 0.667. The van der Waals surface area contributed by atoms with E-state index in [1.807, 2.05) is 0 Å². The molecule has 182 valence electrons. The van der Waals surface area contributed by atoms with Crippen LogP contribution in [0, 0.1) is 5.92 Å². The van der Waals surface area contributed by atoms with Gasteiger partial charge >= 0.3 is 5.97 Å². The van der Waals surface area contributed by atoms with Crippen molar-refractivity contribution in [2.45, 2.75) is 70.3 Å². The fourth-order valence-electron chi connectivity index (χ4n) is 2.56. The Balaban J connectivity index is 5.50. The summed E-state index contributed by atoms with van der Waals surface area (Å²) in [4.78, 5) is 70.8. The van der Waals surface area contributed by atoms with Crippen LogP contribution in [0.25, 0.3) is 0 Å². The number of carbonyl (C=O) groups excluding carboxylic acids is 5. The van der Waals surface area contributed by atoms with Crippen LogP contribution >= 0.6 is 0 Å². The molecule has 5 amide bonds. The lowest BCUT2D eigenvalue weighted by atomic mass is 10.0. The summed E-state index contributed by atoms with van der Waals surface area (Å²) >= 11 is 0. The lowest BCUT2D eigenvalue weighted by molar-refractivity contribution is -0.145. The second kappa shape index (κ2) is 13.2. The van der Waals surface area contributed by atoms with E-state index in [0.717, 1.165) is 6.92 Å². The zero-order valence-corrected chi connectivity index (χ0v) is 18.2. The van der Waals surface area contributed by atoms with Gasteiger partial charge in [0, 0.05) is 6.42 Å². The molecule has 14 nitrogen and oxygen atoms in total. The molecule has 0 saturated heterocycles. The number of rotatable bonds is 14. The second-order valence-corrected chi connectivity index (χ2v) is 7.64. The molecule has 11 N–H and O–H groups in total. The summed E-state index contributed by atoms with van der Waals surface area (Å²) in [7, 11) is 0. The summed E-state index contributed by atoms with van der Waals surface area (Å²) in [5, 5.41) is 25.4. The van der Waals surface area contributed by atoms with E-state index in [4.69, 9.17) is 22.3 Å². The van der Waals surface area contributed by atoms with Crippen molar-refractivity contribution in [1.82, 2.24) is 16.0 Å². The first kappa shape index (κ1) is 28.7. The van der Waals surface area contributed by atoms with Crippen LogP contribution in [-0.2, 0) is 28.8 Å². The maximum atomic E-state index is 12.8. The predicted molar refractivity (Wildman–Crippen MR) is 110 cm³/mol. The molecule has 0 saturated carbocycles. The molecule has 0 radical (unpaired) electrons. The summed E-state index contributed by atoms with van der Waals surface area (Å²) in [5.41, 5.74) is 15.7. The summed E-state index contributed by atoms with van der Waals surface area (Å²) in [6.07, 6.45) is -2.47. The average molecular weight is 460 g/mol. The predicted octanol–water partition coefficient (Wildman–Crippen LogP) is -3.97. The first-order valence-corrected chi connectivity index (χ1v) is 9.81. The van der Waals surface area contributed by atoms with Crippen molar-refractivity contribution in [3.05, 3.63) is 0 Å². The van der Waals surface area contributed by atoms with Gasteiger partial charge in [-0.05, 0) is 19.3 Å². The van der Waals surface area contributed by atoms with E-state index in [-0.39, 0.29) is 12.8 Å². The quantitative estimate of drug-likeness (QED) is 0.125. The Morgan fingerprint density at radius 1 is 0.812 bits per heavy atom. The third kappa shape index (κ3) is 10.2. The van der Waals surface area contributed by atoms with Crippen LogP contribution in [0.1, 0.15) is 40.0 Å². The van der Waals surface area contributed by atoms with E-state index < -0.39 is 78.1 Å². The van der Waals surface area contributed by atoms with Crippen molar-refractivity contribution in [3.63, 3.8) is 0 Å². The van der Waals surface area contributed by atoms with Gasteiger partial charge in [-0.15, -0.1) is 0 Å². The van der Waals surface area contributed by atoms with Crippen LogP contribution in [0.2, 0.25) is 0 Å². The number of amides is 5. The van der Waals surface area contributed by atoms with E-state index in [1.54, 1.807) is 13.8 Å². The van der Waals surface area contributed by atoms with Crippen molar-refractivity contribution in [2.75, 3.05) is 0 Å². The molecule has 0 rings (SSSR count). The monoisotopic (exact) mass is 460 g/mol. The summed E-state index contributed by atoms with van der Waals surface area (Å²) < 4.78 is 0. The first-order valence-electron chi connectivity index (χ1n) is 9.81. The Labute approximate surface area is 184 Å². The molecule has 0 bridgehead atoms. The highest BCUT2D eigenvalue weighted by Crippen LogP contribution is 2.06. The number of carboxylic acids is 1. The van der Waals surface area contributed by atoms with E-state index in [0.29, 0.717) is 0 Å². The molecule has 0 aliphatic carbocycles. The largest absolute Gasteiger partial charge is 0.480 e. The van der Waals surface area contributed by atoms with Gasteiger partial charge in [0.05, 0.1) is 18.6 Å². The standard InChI is InChI=1S/C18H32N6O8/c1-7(2)13(23-15(28)9(19)6-12(21)27)17(30)22-10(4-5-11(20)26)16(29)24-14(8(3)25)18(31)32/h7-10,13-14,25H,4-6,19H2,1-3H3,(H2,20,26)(H2,21,27)(H,22,30)(H,23,28)(H,24,29)(H,31,32)/t8-,9+,10+,13+,14+/m1/s1. The fourth-order valence-corrected chi connectivity index (χ4v) is 2.56. The van der Waals surface area contributed by atoms with Gasteiger partial charge in [0.15, 0.2) is 6.04 Å². The Bertz CT molecular complexity index is 726. The maximum Gasteiger partial charge on any atom is 0.328 e. The first-order chi connectivity index (χ1) is 14.7. The van der Waals surface area contributed by atoms with Crippen molar-refractivity contribution in [2.24, 2.45) is 23.1 Å². The average Bonchev–Trinajstić information content (AvgIpc) is 2.65. The number of hydrogen-bond acceptors (Lipinski definition) is 8. The number of hydrogen-bond donors (Lipinski definition) is 8. The summed E-state index contributed by atoms with van der Waals surface area (Å²) in [6.45, 7) is 4.34. The number of nitrogens with one attached hydrogen (secondary N) is 3. The molecule has 0 unspecified atom stereocenters. The van der Waals surface area contributed by atoms with Crippen LogP contribution in [-0.4, -0.2) is 76.0 Å². The Morgan fingerprint density at radius 3 is 1.75 bits per heavy atom. The summed E-state index contributed by atoms with van der Waals surface area (Å²) in [5.74, 6) is -6.20. The lowest BCUT2D eigenvalue weighted by Crippen LogP contribution is -2.59. The van der Waals surface area contributed by atoms with E-state index in [9.17, 15) is 33.9 Å². The van der Waals surface area contributed by atoms with Crippen molar-refractivity contribution in [3.8, 4) is 0 Å². The van der Waals surface area contributed by atoms with Gasteiger partial charge in [-0.25, -0.2) is 4.79 Å². The minimum atomic E-state index is -1.66. The van der Waals surface area contributed by atoms with Crippen LogP contribution in [0.4, 0.5) is 0 Å². The number of primary amides is 2. The van der Waals surface area contributed by atoms with Gasteiger partial charge in [-0.1, -0.05) is 13.8 Å². The summed E-state index contributed by atoms with van der Waals surface area (Å²) in [6, 6.07) is -5.54. The maximum absolute atomic E-state index is 12.8. The number of nitrogens with two attached hydrogens (primary N) is 3. The number of aliphatic carboxylic acids is 1. The van der Waals surface area contributed by atoms with E-state index in [1.165, 1.54) is 0 Å². The van der Waals surface area contributed by atoms with E-state index >= 15 is 0 Å². The SMILES string of the molecule is CC(C)[C@H](NC(=O)[C@@H](N)CC(N)=O)C(=O)N[C@@H](CCC(N)=O)C(=O)N[C@H](C(=O)O)[C@@H](C)O. The van der Waals surface area contributed by atoms with Gasteiger partial charge in [0.1, 0.15) is 12.1 Å². The molecule has 0 aromatic rings. The molecule has 32 heavy (non-hydrogen) atoms. The third-order valence-corrected chi connectivity index (χ3v) is 4.36. The molecule has 0 heterocycles. The minimum Gasteiger partial charge on any atom is -0.480 e. The second-order valence-electron chi connectivity index (χ2n) is 7.64. The molecule has 0 fully saturated rings. The number of carboxylic acid groups (broad SMARTS) is 1. The normalized spacial score (nSPS) is 15.6. The highest BCUT2D eigenvalue weighted by Gasteiger charge is 2.33. The van der Waals surface area contributed by atoms with Crippen molar-refractivity contribution >= 4 is 35.5 Å². The topological polar surface area (TPSA) is 257 Å². The number of aliphatic hydroxyl groups excluding tert-OH is 1. The van der Waals surface area contributed by atoms with Gasteiger partial charge in [0.2, 0.25) is 29.5 Å². The zero-order chi connectivity index (χ0) is 25.2. The molecular weight excluding hydrogens is 428 g/mol. The molecule has 0 aromatic heterocycles. The van der Waals surface area contributed by atoms with Crippen molar-refractivity contribution in [1.29, 1.82) is 0 Å². The molecule has 0 aliphatic rings. The van der Waals surface area contributed by atoms with Crippen molar-refractivity contribution < 1.29 is 39.0 Å². The Kier molecular flexibility index (Phi) is 11.9. The lowest BCUT2D eigenvalue weighted by Gasteiger charge is -2.27. The van der Waals surface area contributed by atoms with Crippen LogP contribution in [0.5, 0.6) is 0 Å². The van der Waals surface area contributed by atoms with Crippen LogP contribution in [0.15, 0.2) is 0 Å². The smallest absolute Gasteiger partial charge is 0.328 e. The molecule has 0 spiro atoms. The van der Waals surface area contributed by atoms with Gasteiger partial charge in [-0.3, -0.25) is 24.0 Å². The van der Waals surface area contributed by atoms with Gasteiger partial charge in [-0.2, -0.15) is 0 Å². The highest BCUT2D eigenvalue weighted by molar-refractivity contribution is 5.95. The Hall–Kier alpha value is -3.26. The van der Waals surface area contributed by atoms with Gasteiger partial charge in [0.25, 0.3) is 0 Å². The molecule has 14 heteroatoms. The molecule has 0 aliphatic heterocycles. The van der Waals surface area contributed by atoms with Crippen LogP contribution < -0.4 is 33.2 Å². The minimum absolute atomic E-state index is 0.265. The number of aliphatic hydroxyl groups is 1. The highest BCUT2D eigenvalue weighted by atomic mass is 16.4. The number of carbonyl (C=O) groups is 6. The molecule has 0 aromatic carbocycles. The third-order valence-electron chi connectivity index (χ3n) is 4.36. The van der Waals surface area contributed by atoms with Gasteiger partial charge < -0.3 is 43.4 Å².